The third-order valence-corrected chi connectivity index (χ3v) is 2.90. The molecule has 3 nitrogen and oxygen atoms in total. The predicted molar refractivity (Wildman–Crippen MR) is 74.5 cm³/mol. The average molecular weight is 377 g/mol. The molecule has 0 fully saturated rings. The van der Waals surface area contributed by atoms with Gasteiger partial charge in [0.25, 0.3) is 0 Å². The Labute approximate surface area is 173 Å². The molecule has 0 heterocycles. The number of aliphatic carboxylic acids is 1. The molecular weight excluding hydrogens is 359 g/mol. The molecule has 0 aliphatic rings. The first-order valence-corrected chi connectivity index (χ1v) is 5.58. The van der Waals surface area contributed by atoms with Gasteiger partial charge in [0.2, 0.25) is 0 Å². The normalized spacial score (nSPS) is 11.2. The van der Waals surface area contributed by atoms with Crippen LogP contribution in [0.1, 0.15) is 5.56 Å². The van der Waals surface area contributed by atoms with E-state index in [0.717, 1.165) is 10.9 Å². The van der Waals surface area contributed by atoms with Gasteiger partial charge in [0, 0.05) is 0 Å². The van der Waals surface area contributed by atoms with Crippen molar-refractivity contribution >= 4 is 16.7 Å². The van der Waals surface area contributed by atoms with Crippen LogP contribution >= 0.6 is 0 Å². The maximum absolute atomic E-state index is 10.9. The zero-order valence-electron chi connectivity index (χ0n) is 11.7. The van der Waals surface area contributed by atoms with Crippen molar-refractivity contribution in [1.29, 1.82) is 0 Å². The zero-order valence-corrected chi connectivity index (χ0v) is 18.0. The molecule has 0 bridgehead atoms. The van der Waals surface area contributed by atoms with E-state index < -0.39 is 12.0 Å². The maximum Gasteiger partial charge on any atom is 1.00 e. The molecule has 96 valence electrons. The Kier molecular flexibility index (Phi) is 9.27. The molecule has 0 radical (unpaired) electrons. The van der Waals surface area contributed by atoms with Crippen LogP contribution in [0, 0.1) is 7.43 Å². The number of rotatable bonds is 4. The zero-order chi connectivity index (χ0) is 12.3. The van der Waals surface area contributed by atoms with E-state index in [1.807, 2.05) is 42.5 Å². The van der Waals surface area contributed by atoms with Crippen LogP contribution in [-0.2, 0) is 11.2 Å². The minimum atomic E-state index is -0.819. The molecule has 19 heavy (non-hydrogen) atoms. The molecule has 1 unspecified atom stereocenters. The van der Waals surface area contributed by atoms with Gasteiger partial charge in [-0.2, -0.15) is 0 Å². The molecule has 0 aliphatic carbocycles. The van der Waals surface area contributed by atoms with Crippen LogP contribution in [0.3, 0.4) is 0 Å². The molecule has 4 heteroatoms. The van der Waals surface area contributed by atoms with E-state index in [1.165, 1.54) is 5.39 Å². The fourth-order valence-electron chi connectivity index (χ4n) is 1.91. The summed E-state index contributed by atoms with van der Waals surface area (Å²) < 4.78 is 0. The molecule has 0 saturated carbocycles. The van der Waals surface area contributed by atoms with Crippen LogP contribution in [0.25, 0.3) is 10.8 Å². The second-order valence-corrected chi connectivity index (χ2v) is 4.07. The Balaban J connectivity index is 0.00000162. The van der Waals surface area contributed by atoms with E-state index >= 15 is 0 Å². The number of carbonyl (C=O) groups is 1. The van der Waals surface area contributed by atoms with Crippen LogP contribution in [0.15, 0.2) is 42.5 Å². The third kappa shape index (κ3) is 5.23. The van der Waals surface area contributed by atoms with Crippen molar-refractivity contribution < 1.29 is 78.8 Å². The molecule has 0 spiro atoms. The van der Waals surface area contributed by atoms with Gasteiger partial charge >= 0.3 is 74.9 Å². The van der Waals surface area contributed by atoms with Crippen molar-refractivity contribution in [3.05, 3.63) is 55.5 Å². The van der Waals surface area contributed by atoms with Crippen LogP contribution in [0.4, 0.5) is 0 Å². The molecule has 0 aromatic heterocycles. The maximum atomic E-state index is 10.9. The average Bonchev–Trinajstić information content (AvgIpc) is 2.35. The van der Waals surface area contributed by atoms with Crippen molar-refractivity contribution in [3.63, 3.8) is 0 Å². The Morgan fingerprint density at radius 2 is 1.84 bits per heavy atom. The van der Waals surface area contributed by atoms with Gasteiger partial charge in [0.15, 0.2) is 0 Å². The van der Waals surface area contributed by atoms with Gasteiger partial charge in [0.05, 0.1) is 0 Å². The molecule has 0 amide bonds. The molecule has 0 saturated heterocycles. The van der Waals surface area contributed by atoms with E-state index in [-0.39, 0.29) is 76.3 Å². The first-order chi connectivity index (χ1) is 8.20. The topological polar surface area (TPSA) is 49.3 Å². The third-order valence-electron chi connectivity index (χ3n) is 2.90. The number of carboxylic acids is 1. The smallest absolute Gasteiger partial charge is 0.480 e. The number of carboxylic acid groups (broad SMARTS) is 1. The Hall–Kier alpha value is 0.182. The minimum Gasteiger partial charge on any atom is -0.480 e. The number of hydrogen-bond donors (Lipinski definition) is 2. The summed E-state index contributed by atoms with van der Waals surface area (Å²) in [5.74, 6) is -0.819. The molecule has 0 aliphatic heterocycles. The summed E-state index contributed by atoms with van der Waals surface area (Å²) in [6.07, 6.45) is 0.497. The summed E-state index contributed by atoms with van der Waals surface area (Å²) >= 11 is 0. The van der Waals surface area contributed by atoms with E-state index in [1.54, 1.807) is 7.05 Å². The molecular formula is C15H18CsNO2. The number of fused-ring (bicyclic) bond motifs is 1. The van der Waals surface area contributed by atoms with Crippen LogP contribution < -0.4 is 74.2 Å². The fraction of sp³-hybridized carbons (Fsp3) is 0.200. The standard InChI is InChI=1S/C14H15NO2.CH3.Cs/c1-15-13(14(16)17)9-10-6-7-11-4-2-3-5-12(11)8-10;;/h2-8,13,15H,9H2,1H3,(H,16,17);1H3;/q;-1;+1. The number of hydrogen-bond acceptors (Lipinski definition) is 2. The van der Waals surface area contributed by atoms with Gasteiger partial charge in [-0.25, -0.2) is 0 Å². The molecule has 2 aromatic rings. The van der Waals surface area contributed by atoms with E-state index in [9.17, 15) is 4.79 Å². The first kappa shape index (κ1) is 19.2. The molecule has 1 atom stereocenters. The summed E-state index contributed by atoms with van der Waals surface area (Å²) in [4.78, 5) is 10.9. The van der Waals surface area contributed by atoms with Gasteiger partial charge in [-0.05, 0) is 29.8 Å². The SMILES string of the molecule is CNC(Cc1ccc2ccccc2c1)C(=O)O.[CH3-].[Cs+]. The number of likely N-dealkylation sites (N-methyl/N-ethyl adjacent to an activating group) is 1. The van der Waals surface area contributed by atoms with E-state index in [4.69, 9.17) is 5.11 Å². The first-order valence-electron chi connectivity index (χ1n) is 5.58. The van der Waals surface area contributed by atoms with Crippen LogP contribution in [0.2, 0.25) is 0 Å². The van der Waals surface area contributed by atoms with Gasteiger partial charge in [-0.1, -0.05) is 42.5 Å². The summed E-state index contributed by atoms with van der Waals surface area (Å²) in [5, 5.41) is 14.1. The van der Waals surface area contributed by atoms with E-state index in [0.29, 0.717) is 6.42 Å². The van der Waals surface area contributed by atoms with Gasteiger partial charge < -0.3 is 17.8 Å². The van der Waals surface area contributed by atoms with Crippen molar-refractivity contribution in [2.24, 2.45) is 0 Å². The quantitative estimate of drug-likeness (QED) is 0.708. The number of nitrogens with one attached hydrogen (secondary N) is 1. The number of benzene rings is 2. The van der Waals surface area contributed by atoms with Gasteiger partial charge in [-0.15, -0.1) is 0 Å². The second-order valence-electron chi connectivity index (χ2n) is 4.07. The molecule has 2 N–H and O–H groups in total. The second kappa shape index (κ2) is 9.18. The van der Waals surface area contributed by atoms with Crippen molar-refractivity contribution in [3.8, 4) is 0 Å². The van der Waals surface area contributed by atoms with Crippen molar-refractivity contribution in [2.45, 2.75) is 12.5 Å². The summed E-state index contributed by atoms with van der Waals surface area (Å²) in [6, 6.07) is 13.6. The molecule has 2 aromatic carbocycles. The minimum absolute atomic E-state index is 0. The Bertz CT molecular complexity index is 542. The van der Waals surface area contributed by atoms with Gasteiger partial charge in [-0.3, -0.25) is 4.79 Å². The largest absolute Gasteiger partial charge is 1.00 e. The van der Waals surface area contributed by atoms with Gasteiger partial charge in [0.1, 0.15) is 6.04 Å². The van der Waals surface area contributed by atoms with E-state index in [2.05, 4.69) is 5.32 Å². The summed E-state index contributed by atoms with van der Waals surface area (Å²) in [5.41, 5.74) is 1.03. The monoisotopic (exact) mass is 377 g/mol. The van der Waals surface area contributed by atoms with Crippen molar-refractivity contribution in [1.82, 2.24) is 5.32 Å². The van der Waals surface area contributed by atoms with Crippen LogP contribution in [-0.4, -0.2) is 24.2 Å². The van der Waals surface area contributed by atoms with Crippen molar-refractivity contribution in [2.75, 3.05) is 7.05 Å². The fourth-order valence-corrected chi connectivity index (χ4v) is 1.91. The predicted octanol–water partition coefficient (Wildman–Crippen LogP) is -0.491. The Morgan fingerprint density at radius 1 is 1.21 bits per heavy atom. The summed E-state index contributed by atoms with van der Waals surface area (Å²) in [6.45, 7) is 0. The molecule has 2 rings (SSSR count). The summed E-state index contributed by atoms with van der Waals surface area (Å²) in [7, 11) is 1.67. The Morgan fingerprint density at radius 3 is 2.42 bits per heavy atom. The van der Waals surface area contributed by atoms with Crippen LogP contribution in [0.5, 0.6) is 0 Å².